The van der Waals surface area contributed by atoms with Crippen LogP contribution in [0, 0.1) is 10.1 Å². The number of morpholine rings is 2. The van der Waals surface area contributed by atoms with Gasteiger partial charge < -0.3 is 35.1 Å². The van der Waals surface area contributed by atoms with Crippen molar-refractivity contribution in [1.82, 2.24) is 9.97 Å². The Morgan fingerprint density at radius 1 is 0.857 bits per heavy atom. The van der Waals surface area contributed by atoms with Crippen LogP contribution in [0.5, 0.6) is 0 Å². The van der Waals surface area contributed by atoms with E-state index in [0.717, 1.165) is 50.8 Å². The highest BCUT2D eigenvalue weighted by molar-refractivity contribution is 5.48. The predicted octanol–water partition coefficient (Wildman–Crippen LogP) is 1.33. The third kappa shape index (κ3) is 5.51. The molecule has 0 atom stereocenters. The number of nitrogens with two attached hydrogens (primary N) is 1. The van der Waals surface area contributed by atoms with Crippen LogP contribution >= 0.6 is 0 Å². The first-order valence-corrected chi connectivity index (χ1v) is 9.11. The molecular weight excluding hydrogens is 364 g/mol. The molecule has 0 amide bonds. The number of pyridine rings is 2. The van der Waals surface area contributed by atoms with E-state index in [1.807, 2.05) is 12.1 Å². The molecule has 0 bridgehead atoms. The Balaban J connectivity index is 0.000000162. The fraction of sp³-hybridized carbons (Fsp3) is 0.444. The third-order valence-electron chi connectivity index (χ3n) is 4.44. The molecule has 2 aliphatic heterocycles. The van der Waals surface area contributed by atoms with Gasteiger partial charge >= 0.3 is 5.82 Å². The van der Waals surface area contributed by atoms with E-state index >= 15 is 0 Å². The van der Waals surface area contributed by atoms with Gasteiger partial charge in [0, 0.05) is 32.2 Å². The average molecular weight is 388 g/mol. The van der Waals surface area contributed by atoms with Crippen molar-refractivity contribution in [3.05, 3.63) is 46.8 Å². The van der Waals surface area contributed by atoms with Gasteiger partial charge in [0.25, 0.3) is 0 Å². The fourth-order valence-electron chi connectivity index (χ4n) is 2.90. The van der Waals surface area contributed by atoms with Gasteiger partial charge in [0.2, 0.25) is 0 Å². The highest BCUT2D eigenvalue weighted by Gasteiger charge is 2.14. The number of hydrogen-bond acceptors (Lipinski definition) is 9. The van der Waals surface area contributed by atoms with Crippen LogP contribution in [0.3, 0.4) is 0 Å². The molecule has 4 heterocycles. The number of nitrogens with zero attached hydrogens (tertiary/aromatic N) is 5. The van der Waals surface area contributed by atoms with Crippen LogP contribution in [-0.2, 0) is 9.47 Å². The normalized spacial score (nSPS) is 16.9. The molecule has 0 unspecified atom stereocenters. The minimum absolute atomic E-state index is 0.119. The monoisotopic (exact) mass is 388 g/mol. The van der Waals surface area contributed by atoms with Crippen molar-refractivity contribution in [2.45, 2.75) is 0 Å². The van der Waals surface area contributed by atoms with Gasteiger partial charge in [-0.15, -0.1) is 0 Å². The average Bonchev–Trinajstić information content (AvgIpc) is 2.76. The standard InChI is InChI=1S/C9H11N3O3.C9H13N3O/c13-12(14)9-2-1-8(7-10-9)11-3-5-15-6-4-11;10-9-2-1-8(7-11-9)12-3-5-13-6-4-12/h1-2,7H,3-6H2;1-2,7H,3-6H2,(H2,10,11). The van der Waals surface area contributed by atoms with Crippen molar-refractivity contribution in [3.63, 3.8) is 0 Å². The lowest BCUT2D eigenvalue weighted by molar-refractivity contribution is -0.389. The Hall–Kier alpha value is -2.98. The summed E-state index contributed by atoms with van der Waals surface area (Å²) >= 11 is 0. The molecule has 2 N–H and O–H groups in total. The molecule has 2 aromatic rings. The van der Waals surface area contributed by atoms with Crippen LogP contribution in [0.4, 0.5) is 23.0 Å². The van der Waals surface area contributed by atoms with Crippen LogP contribution in [0.15, 0.2) is 36.7 Å². The summed E-state index contributed by atoms with van der Waals surface area (Å²) in [4.78, 5) is 22.1. The maximum absolute atomic E-state index is 10.4. The van der Waals surface area contributed by atoms with Crippen LogP contribution in [-0.4, -0.2) is 67.5 Å². The maximum Gasteiger partial charge on any atom is 0.363 e. The van der Waals surface area contributed by atoms with E-state index in [9.17, 15) is 10.1 Å². The summed E-state index contributed by atoms with van der Waals surface area (Å²) in [5.74, 6) is 0.448. The van der Waals surface area contributed by atoms with Crippen LogP contribution in [0.1, 0.15) is 0 Å². The Labute approximate surface area is 163 Å². The molecule has 4 rings (SSSR count). The van der Waals surface area contributed by atoms with E-state index in [2.05, 4.69) is 19.8 Å². The highest BCUT2D eigenvalue weighted by Crippen LogP contribution is 2.17. The second-order valence-electron chi connectivity index (χ2n) is 6.27. The van der Waals surface area contributed by atoms with Crippen LogP contribution < -0.4 is 15.5 Å². The highest BCUT2D eigenvalue weighted by atomic mass is 16.6. The van der Waals surface area contributed by atoms with E-state index < -0.39 is 4.92 Å². The van der Waals surface area contributed by atoms with Gasteiger partial charge in [-0.1, -0.05) is 0 Å². The molecule has 2 aliphatic rings. The molecule has 150 valence electrons. The van der Waals surface area contributed by atoms with Crippen molar-refractivity contribution in [2.75, 3.05) is 68.1 Å². The quantitative estimate of drug-likeness (QED) is 0.613. The number of nitro groups is 1. The van der Waals surface area contributed by atoms with Crippen LogP contribution in [0.2, 0.25) is 0 Å². The summed E-state index contributed by atoms with van der Waals surface area (Å²) in [6, 6.07) is 6.96. The zero-order valence-electron chi connectivity index (χ0n) is 15.6. The van der Waals surface area contributed by atoms with Gasteiger partial charge in [-0.25, -0.2) is 4.98 Å². The van der Waals surface area contributed by atoms with Crippen molar-refractivity contribution >= 4 is 23.0 Å². The number of ether oxygens (including phenoxy) is 2. The van der Waals surface area contributed by atoms with Crippen molar-refractivity contribution in [1.29, 1.82) is 0 Å². The fourth-order valence-corrected chi connectivity index (χ4v) is 2.90. The van der Waals surface area contributed by atoms with Gasteiger partial charge in [-0.3, -0.25) is 0 Å². The topological polar surface area (TPSA) is 120 Å². The third-order valence-corrected chi connectivity index (χ3v) is 4.44. The molecule has 28 heavy (non-hydrogen) atoms. The Morgan fingerprint density at radius 2 is 1.36 bits per heavy atom. The Kier molecular flexibility index (Phi) is 6.93. The largest absolute Gasteiger partial charge is 0.384 e. The summed E-state index contributed by atoms with van der Waals surface area (Å²) in [6.07, 6.45) is 3.34. The number of aromatic nitrogens is 2. The van der Waals surface area contributed by atoms with Crippen molar-refractivity contribution < 1.29 is 14.4 Å². The van der Waals surface area contributed by atoms with E-state index in [0.29, 0.717) is 19.0 Å². The van der Waals surface area contributed by atoms with E-state index in [1.54, 1.807) is 12.3 Å². The molecule has 0 saturated carbocycles. The molecule has 0 spiro atoms. The number of anilines is 3. The maximum atomic E-state index is 10.4. The molecule has 10 nitrogen and oxygen atoms in total. The summed E-state index contributed by atoms with van der Waals surface area (Å²) < 4.78 is 10.5. The number of rotatable bonds is 3. The van der Waals surface area contributed by atoms with Gasteiger partial charge in [-0.05, 0) is 28.1 Å². The van der Waals surface area contributed by atoms with E-state index in [-0.39, 0.29) is 5.82 Å². The minimum Gasteiger partial charge on any atom is -0.384 e. The summed E-state index contributed by atoms with van der Waals surface area (Å²) in [7, 11) is 0. The zero-order valence-corrected chi connectivity index (χ0v) is 15.6. The Bertz CT molecular complexity index is 744. The second kappa shape index (κ2) is 9.81. The van der Waals surface area contributed by atoms with Gasteiger partial charge in [0.15, 0.2) is 6.20 Å². The lowest BCUT2D eigenvalue weighted by Crippen LogP contribution is -2.36. The first-order chi connectivity index (χ1) is 13.6. The van der Waals surface area contributed by atoms with Gasteiger partial charge in [0.1, 0.15) is 5.82 Å². The van der Waals surface area contributed by atoms with E-state index in [1.165, 1.54) is 12.3 Å². The molecule has 2 saturated heterocycles. The minimum atomic E-state index is -0.497. The van der Waals surface area contributed by atoms with Crippen molar-refractivity contribution in [3.8, 4) is 0 Å². The smallest absolute Gasteiger partial charge is 0.363 e. The first-order valence-electron chi connectivity index (χ1n) is 9.11. The molecule has 2 aromatic heterocycles. The zero-order chi connectivity index (χ0) is 19.8. The second-order valence-corrected chi connectivity index (χ2v) is 6.27. The molecule has 10 heteroatoms. The summed E-state index contributed by atoms with van der Waals surface area (Å²) in [5.41, 5.74) is 7.53. The molecular formula is C18H24N6O4. The SMILES string of the molecule is Nc1ccc(N2CCOCC2)cn1.O=[N+]([O-])c1ccc(N2CCOCC2)cn1. The lowest BCUT2D eigenvalue weighted by atomic mass is 10.3. The molecule has 0 aromatic carbocycles. The van der Waals surface area contributed by atoms with Crippen molar-refractivity contribution in [2.24, 2.45) is 0 Å². The van der Waals surface area contributed by atoms with Crippen LogP contribution in [0.25, 0.3) is 0 Å². The summed E-state index contributed by atoms with van der Waals surface area (Å²) in [6.45, 7) is 6.46. The molecule has 0 radical (unpaired) electrons. The van der Waals surface area contributed by atoms with E-state index in [4.69, 9.17) is 15.2 Å². The Morgan fingerprint density at radius 3 is 1.75 bits per heavy atom. The van der Waals surface area contributed by atoms with Gasteiger partial charge in [-0.2, -0.15) is 0 Å². The molecule has 2 fully saturated rings. The lowest BCUT2D eigenvalue weighted by Gasteiger charge is -2.28. The number of nitrogen functional groups attached to an aromatic ring is 1. The van der Waals surface area contributed by atoms with Gasteiger partial charge in [0.05, 0.1) is 44.0 Å². The molecule has 0 aliphatic carbocycles. The number of hydrogen-bond donors (Lipinski definition) is 1. The first kappa shape index (κ1) is 19.8. The summed E-state index contributed by atoms with van der Waals surface area (Å²) in [5, 5.41) is 10.4. The predicted molar refractivity (Wildman–Crippen MR) is 106 cm³/mol.